The van der Waals surface area contributed by atoms with Crippen LogP contribution in [0.2, 0.25) is 5.02 Å². The van der Waals surface area contributed by atoms with Crippen molar-refractivity contribution in [2.45, 2.75) is 31.1 Å². The van der Waals surface area contributed by atoms with E-state index in [0.717, 1.165) is 29.9 Å². The third-order valence-corrected chi connectivity index (χ3v) is 7.04. The molecule has 136 valence electrons. The van der Waals surface area contributed by atoms with Gasteiger partial charge in [-0.1, -0.05) is 31.4 Å². The van der Waals surface area contributed by atoms with E-state index in [1.807, 2.05) is 0 Å². The molecular weight excluding hydrogens is 385 g/mol. The van der Waals surface area contributed by atoms with Gasteiger partial charge >= 0.3 is 0 Å². The second kappa shape index (κ2) is 7.47. The van der Waals surface area contributed by atoms with Gasteiger partial charge < -0.3 is 5.32 Å². The van der Waals surface area contributed by atoms with Crippen LogP contribution >= 0.6 is 22.9 Å². The summed E-state index contributed by atoms with van der Waals surface area (Å²) in [6.07, 6.45) is 5.00. The summed E-state index contributed by atoms with van der Waals surface area (Å²) < 4.78 is 41.3. The number of aromatic nitrogens is 1. The van der Waals surface area contributed by atoms with E-state index in [1.165, 1.54) is 19.0 Å². The van der Waals surface area contributed by atoms with Crippen LogP contribution in [-0.2, 0) is 10.0 Å². The molecule has 1 heterocycles. The number of nitrogens with one attached hydrogen (secondary N) is 2. The Kier molecular flexibility index (Phi) is 5.50. The molecule has 0 aliphatic heterocycles. The van der Waals surface area contributed by atoms with Gasteiger partial charge in [-0.15, -0.1) is 11.3 Å². The van der Waals surface area contributed by atoms with Crippen LogP contribution in [0.1, 0.15) is 26.2 Å². The molecule has 2 N–H and O–H groups in total. The number of hydrogen-bond acceptors (Lipinski definition) is 5. The number of nitrogens with zero attached hydrogens (tertiary/aromatic N) is 1. The standard InChI is InChI=1S/C16H19ClFN3O2S2/c1-10-3-2-4-11(10)9-20-14-8-13(18)15(7-12(14)17)25(22,23)21-16-19-5-6-24-16/h5-8,10-11,20H,2-4,9H2,1H3,(H,19,21). The maximum Gasteiger partial charge on any atom is 0.266 e. The molecule has 2 atom stereocenters. The van der Waals surface area contributed by atoms with Crippen LogP contribution in [0.4, 0.5) is 15.2 Å². The van der Waals surface area contributed by atoms with Crippen molar-refractivity contribution >= 4 is 43.8 Å². The lowest BCUT2D eigenvalue weighted by Gasteiger charge is -2.18. The number of hydrogen-bond donors (Lipinski definition) is 2. The molecule has 5 nitrogen and oxygen atoms in total. The van der Waals surface area contributed by atoms with Crippen molar-refractivity contribution < 1.29 is 12.8 Å². The maximum absolute atomic E-state index is 14.4. The number of halogens is 2. The minimum absolute atomic E-state index is 0.173. The number of sulfonamides is 1. The summed E-state index contributed by atoms with van der Waals surface area (Å²) in [7, 11) is -4.08. The lowest BCUT2D eigenvalue weighted by Crippen LogP contribution is -2.18. The fourth-order valence-corrected chi connectivity index (χ4v) is 5.25. The van der Waals surface area contributed by atoms with Crippen LogP contribution < -0.4 is 10.0 Å². The summed E-state index contributed by atoms with van der Waals surface area (Å²) in [6.45, 7) is 2.91. The smallest absolute Gasteiger partial charge is 0.266 e. The van der Waals surface area contributed by atoms with E-state index in [9.17, 15) is 12.8 Å². The second-order valence-corrected chi connectivity index (χ2v) is 9.21. The van der Waals surface area contributed by atoms with Crippen molar-refractivity contribution in [1.29, 1.82) is 0 Å². The summed E-state index contributed by atoms with van der Waals surface area (Å²) in [4.78, 5) is 3.34. The monoisotopic (exact) mass is 403 g/mol. The van der Waals surface area contributed by atoms with E-state index >= 15 is 0 Å². The van der Waals surface area contributed by atoms with Crippen molar-refractivity contribution in [3.63, 3.8) is 0 Å². The molecule has 0 spiro atoms. The Hall–Kier alpha value is -1.38. The number of benzene rings is 1. The van der Waals surface area contributed by atoms with Crippen molar-refractivity contribution in [3.05, 3.63) is 34.5 Å². The molecule has 2 unspecified atom stereocenters. The lowest BCUT2D eigenvalue weighted by atomic mass is 9.98. The quantitative estimate of drug-likeness (QED) is 0.740. The van der Waals surface area contributed by atoms with Gasteiger partial charge in [0.15, 0.2) is 5.13 Å². The third kappa shape index (κ3) is 4.24. The van der Waals surface area contributed by atoms with Gasteiger partial charge in [-0.05, 0) is 30.4 Å². The molecule has 9 heteroatoms. The Balaban J connectivity index is 1.77. The first-order valence-electron chi connectivity index (χ1n) is 8.02. The number of anilines is 2. The van der Waals surface area contributed by atoms with Crippen molar-refractivity contribution in [3.8, 4) is 0 Å². The van der Waals surface area contributed by atoms with Gasteiger partial charge in [0.25, 0.3) is 10.0 Å². The van der Waals surface area contributed by atoms with Crippen molar-refractivity contribution in [1.82, 2.24) is 4.98 Å². The zero-order valence-corrected chi connectivity index (χ0v) is 16.0. The zero-order chi connectivity index (χ0) is 18.0. The van der Waals surface area contributed by atoms with E-state index in [0.29, 0.717) is 24.1 Å². The Morgan fingerprint density at radius 1 is 1.40 bits per heavy atom. The lowest BCUT2D eigenvalue weighted by molar-refractivity contribution is 0.439. The van der Waals surface area contributed by atoms with Crippen LogP contribution in [0.5, 0.6) is 0 Å². The molecule has 1 saturated carbocycles. The highest BCUT2D eigenvalue weighted by Gasteiger charge is 2.25. The van der Waals surface area contributed by atoms with E-state index in [-0.39, 0.29) is 10.2 Å². The third-order valence-electron chi connectivity index (χ3n) is 4.56. The Morgan fingerprint density at radius 2 is 2.20 bits per heavy atom. The largest absolute Gasteiger partial charge is 0.383 e. The Morgan fingerprint density at radius 3 is 2.84 bits per heavy atom. The topological polar surface area (TPSA) is 71.1 Å². The molecular formula is C16H19ClFN3O2S2. The van der Waals surface area contributed by atoms with E-state index in [2.05, 4.69) is 21.9 Å². The van der Waals surface area contributed by atoms with Gasteiger partial charge in [0.2, 0.25) is 0 Å². The fourth-order valence-electron chi connectivity index (χ4n) is 3.08. The molecule has 0 saturated heterocycles. The fraction of sp³-hybridized carbons (Fsp3) is 0.438. The molecule has 0 radical (unpaired) electrons. The molecule has 1 aromatic heterocycles. The van der Waals surface area contributed by atoms with Gasteiger partial charge in [-0.3, -0.25) is 4.72 Å². The van der Waals surface area contributed by atoms with Crippen molar-refractivity contribution in [2.75, 3.05) is 16.6 Å². The Labute approximate surface area is 155 Å². The predicted octanol–water partition coefficient (Wildman–Crippen LogP) is 4.58. The first-order chi connectivity index (χ1) is 11.9. The van der Waals surface area contributed by atoms with Gasteiger partial charge in [0.1, 0.15) is 10.7 Å². The predicted molar refractivity (Wildman–Crippen MR) is 99.3 cm³/mol. The molecule has 1 aliphatic carbocycles. The molecule has 0 amide bonds. The van der Waals surface area contributed by atoms with Gasteiger partial charge in [-0.2, -0.15) is 0 Å². The van der Waals surface area contributed by atoms with Gasteiger partial charge in [-0.25, -0.2) is 17.8 Å². The van der Waals surface area contributed by atoms with Crippen LogP contribution in [0.15, 0.2) is 28.6 Å². The minimum atomic E-state index is -4.08. The summed E-state index contributed by atoms with van der Waals surface area (Å²) >= 11 is 7.29. The van der Waals surface area contributed by atoms with Crippen molar-refractivity contribution in [2.24, 2.45) is 11.8 Å². The van der Waals surface area contributed by atoms with Crippen LogP contribution in [-0.4, -0.2) is 19.9 Å². The minimum Gasteiger partial charge on any atom is -0.383 e. The summed E-state index contributed by atoms with van der Waals surface area (Å²) in [5.74, 6) is 0.294. The van der Waals surface area contributed by atoms with Gasteiger partial charge in [0.05, 0.1) is 10.7 Å². The zero-order valence-electron chi connectivity index (χ0n) is 13.6. The summed E-state index contributed by atoms with van der Waals surface area (Å²) in [6, 6.07) is 2.27. The molecule has 1 aliphatic rings. The maximum atomic E-state index is 14.4. The highest BCUT2D eigenvalue weighted by Crippen LogP contribution is 2.33. The van der Waals surface area contributed by atoms with E-state index in [1.54, 1.807) is 5.38 Å². The summed E-state index contributed by atoms with van der Waals surface area (Å²) in [5.41, 5.74) is 0.409. The highest BCUT2D eigenvalue weighted by molar-refractivity contribution is 7.93. The molecule has 1 aromatic carbocycles. The Bertz CT molecular complexity index is 843. The molecule has 1 fully saturated rings. The average molecular weight is 404 g/mol. The molecule has 3 rings (SSSR count). The highest BCUT2D eigenvalue weighted by atomic mass is 35.5. The second-order valence-electron chi connectivity index (χ2n) is 6.25. The van der Waals surface area contributed by atoms with Crippen LogP contribution in [0.25, 0.3) is 0 Å². The first-order valence-corrected chi connectivity index (χ1v) is 10.8. The normalized spacial score (nSPS) is 20.6. The van der Waals surface area contributed by atoms with E-state index in [4.69, 9.17) is 11.6 Å². The summed E-state index contributed by atoms with van der Waals surface area (Å²) in [5, 5.41) is 5.12. The number of rotatable bonds is 6. The van der Waals surface area contributed by atoms with E-state index < -0.39 is 20.7 Å². The first kappa shape index (κ1) is 18.4. The SMILES string of the molecule is CC1CCCC1CNc1cc(F)c(S(=O)(=O)Nc2nccs2)cc1Cl. The molecule has 2 aromatic rings. The number of thiazole rings is 1. The van der Waals surface area contributed by atoms with Crippen LogP contribution in [0.3, 0.4) is 0 Å². The molecule has 0 bridgehead atoms. The molecule has 25 heavy (non-hydrogen) atoms. The van der Waals surface area contributed by atoms with Gasteiger partial charge in [0, 0.05) is 18.1 Å². The average Bonchev–Trinajstić information content (AvgIpc) is 3.19. The van der Waals surface area contributed by atoms with Crippen LogP contribution in [0, 0.1) is 17.7 Å².